The molecule has 9 heteroatoms. The number of aromatic nitrogens is 1. The van der Waals surface area contributed by atoms with E-state index in [9.17, 15) is 15.3 Å². The summed E-state index contributed by atoms with van der Waals surface area (Å²) in [6.45, 7) is 1.60. The van der Waals surface area contributed by atoms with E-state index in [-0.39, 0.29) is 24.7 Å². The number of furan rings is 1. The molecule has 0 spiro atoms. The van der Waals surface area contributed by atoms with E-state index in [1.807, 2.05) is 12.1 Å². The smallest absolute Gasteiger partial charge is 0.278 e. The van der Waals surface area contributed by atoms with Gasteiger partial charge in [0.15, 0.2) is 6.61 Å². The summed E-state index contributed by atoms with van der Waals surface area (Å²) < 4.78 is 16.2. The van der Waals surface area contributed by atoms with Crippen LogP contribution in [0.5, 0.6) is 5.88 Å². The highest BCUT2D eigenvalue weighted by Gasteiger charge is 2.14. The number of nitriles is 2. The van der Waals surface area contributed by atoms with Crippen LogP contribution in [0, 0.1) is 29.6 Å². The van der Waals surface area contributed by atoms with Crippen molar-refractivity contribution in [3.05, 3.63) is 70.6 Å². The number of hydrazone groups is 1. The molecule has 9 nitrogen and oxygen atoms in total. The van der Waals surface area contributed by atoms with Crippen LogP contribution >= 0.6 is 0 Å². The molecule has 0 aliphatic carbocycles. The van der Waals surface area contributed by atoms with Gasteiger partial charge in [-0.05, 0) is 37.3 Å². The first-order valence-electron chi connectivity index (χ1n) is 9.49. The number of carbonyl (C=O) groups is 1. The zero-order chi connectivity index (χ0) is 22.9. The number of amides is 1. The van der Waals surface area contributed by atoms with E-state index < -0.39 is 5.91 Å². The van der Waals surface area contributed by atoms with Crippen LogP contribution in [0.4, 0.5) is 0 Å². The molecule has 0 saturated heterocycles. The number of benzene rings is 1. The third-order valence-corrected chi connectivity index (χ3v) is 4.27. The molecule has 0 atom stereocenters. The van der Waals surface area contributed by atoms with Gasteiger partial charge in [-0.1, -0.05) is 12.1 Å². The van der Waals surface area contributed by atoms with E-state index in [1.165, 1.54) is 13.3 Å². The first kappa shape index (κ1) is 22.2. The van der Waals surface area contributed by atoms with Crippen LogP contribution in [0.25, 0.3) is 11.3 Å². The molecule has 0 saturated carbocycles. The summed E-state index contributed by atoms with van der Waals surface area (Å²) in [6, 6.07) is 16.3. The van der Waals surface area contributed by atoms with Crippen molar-refractivity contribution in [1.29, 1.82) is 10.5 Å². The Kier molecular flexibility index (Phi) is 7.31. The molecular weight excluding hydrogens is 410 g/mol. The standard InChI is InChI=1S/C23H19N5O4/c1-15-9-17(13-30-2)20(11-25)23(27-15)31-14-22(29)28-26-12-18-7-8-21(32-18)19-6-4-3-5-16(19)10-24/h3-9,12H,13-14H2,1-2H3,(H,28,29)/b26-12-. The van der Waals surface area contributed by atoms with Gasteiger partial charge in [-0.25, -0.2) is 10.4 Å². The molecule has 1 aromatic carbocycles. The van der Waals surface area contributed by atoms with Crippen molar-refractivity contribution in [2.45, 2.75) is 13.5 Å². The van der Waals surface area contributed by atoms with Gasteiger partial charge in [0.05, 0.1) is 24.5 Å². The lowest BCUT2D eigenvalue weighted by atomic mass is 10.1. The minimum Gasteiger partial charge on any atom is -0.467 e. The van der Waals surface area contributed by atoms with Crippen molar-refractivity contribution in [2.75, 3.05) is 13.7 Å². The lowest BCUT2D eigenvalue weighted by molar-refractivity contribution is -0.123. The van der Waals surface area contributed by atoms with Crippen LogP contribution in [0.15, 0.2) is 52.0 Å². The van der Waals surface area contributed by atoms with Crippen molar-refractivity contribution >= 4 is 12.1 Å². The summed E-state index contributed by atoms with van der Waals surface area (Å²) in [4.78, 5) is 16.2. The molecule has 0 fully saturated rings. The van der Waals surface area contributed by atoms with E-state index in [2.05, 4.69) is 21.6 Å². The molecule has 32 heavy (non-hydrogen) atoms. The zero-order valence-electron chi connectivity index (χ0n) is 17.5. The van der Waals surface area contributed by atoms with Crippen molar-refractivity contribution in [1.82, 2.24) is 10.4 Å². The molecule has 3 aromatic rings. The average Bonchev–Trinajstić information content (AvgIpc) is 3.26. The lowest BCUT2D eigenvalue weighted by Crippen LogP contribution is -2.25. The predicted molar refractivity (Wildman–Crippen MR) is 114 cm³/mol. The Labute approximate surface area is 184 Å². The van der Waals surface area contributed by atoms with Crippen LogP contribution in [-0.4, -0.2) is 30.8 Å². The Morgan fingerprint density at radius 3 is 2.81 bits per heavy atom. The Morgan fingerprint density at radius 1 is 1.25 bits per heavy atom. The summed E-state index contributed by atoms with van der Waals surface area (Å²) in [6.07, 6.45) is 1.33. The monoisotopic (exact) mass is 429 g/mol. The highest BCUT2D eigenvalue weighted by atomic mass is 16.5. The highest BCUT2D eigenvalue weighted by Crippen LogP contribution is 2.25. The number of hydrogen-bond donors (Lipinski definition) is 1. The number of rotatable bonds is 8. The normalized spacial score (nSPS) is 10.5. The van der Waals surface area contributed by atoms with Gasteiger partial charge in [0.1, 0.15) is 23.2 Å². The Hall–Kier alpha value is -4.47. The maximum absolute atomic E-state index is 12.1. The quantitative estimate of drug-likeness (QED) is 0.430. The van der Waals surface area contributed by atoms with E-state index in [0.717, 1.165) is 0 Å². The van der Waals surface area contributed by atoms with Gasteiger partial charge in [0.2, 0.25) is 5.88 Å². The summed E-state index contributed by atoms with van der Waals surface area (Å²) in [5, 5.41) is 22.4. The van der Waals surface area contributed by atoms with E-state index in [0.29, 0.717) is 33.9 Å². The topological polar surface area (TPSA) is 134 Å². The first-order valence-corrected chi connectivity index (χ1v) is 9.49. The summed E-state index contributed by atoms with van der Waals surface area (Å²) in [5.41, 5.74) is 4.96. The van der Waals surface area contributed by atoms with Gasteiger partial charge in [0.25, 0.3) is 5.91 Å². The molecule has 2 aromatic heterocycles. The van der Waals surface area contributed by atoms with Crippen LogP contribution in [0.3, 0.4) is 0 Å². The number of hydrogen-bond acceptors (Lipinski definition) is 8. The van der Waals surface area contributed by atoms with E-state index in [4.69, 9.17) is 13.9 Å². The molecular formula is C23H19N5O4. The van der Waals surface area contributed by atoms with Gasteiger partial charge < -0.3 is 13.9 Å². The number of carbonyl (C=O) groups excluding carboxylic acids is 1. The maximum Gasteiger partial charge on any atom is 0.278 e. The molecule has 2 heterocycles. The number of methoxy groups -OCH3 is 1. The molecule has 160 valence electrons. The fourth-order valence-corrected chi connectivity index (χ4v) is 2.90. The van der Waals surface area contributed by atoms with E-state index >= 15 is 0 Å². The Morgan fingerprint density at radius 2 is 2.06 bits per heavy atom. The highest BCUT2D eigenvalue weighted by molar-refractivity contribution is 5.82. The number of pyridine rings is 1. The van der Waals surface area contributed by atoms with Crippen LogP contribution in [0.2, 0.25) is 0 Å². The molecule has 0 aliphatic heterocycles. The molecule has 3 rings (SSSR count). The van der Waals surface area contributed by atoms with Crippen LogP contribution in [0.1, 0.15) is 28.1 Å². The fraction of sp³-hybridized carbons (Fsp3) is 0.174. The summed E-state index contributed by atoms with van der Waals surface area (Å²) >= 11 is 0. The third kappa shape index (κ3) is 5.36. The average molecular weight is 429 g/mol. The number of nitrogens with one attached hydrogen (secondary N) is 1. The number of aryl methyl sites for hydroxylation is 1. The van der Waals surface area contributed by atoms with Crippen molar-refractivity contribution in [3.63, 3.8) is 0 Å². The van der Waals surface area contributed by atoms with E-state index in [1.54, 1.807) is 43.3 Å². The molecule has 0 bridgehead atoms. The Balaban J connectivity index is 1.60. The van der Waals surface area contributed by atoms with Gasteiger partial charge in [-0.2, -0.15) is 15.6 Å². The second-order valence-electron chi connectivity index (χ2n) is 6.59. The maximum atomic E-state index is 12.1. The molecule has 0 unspecified atom stereocenters. The summed E-state index contributed by atoms with van der Waals surface area (Å²) in [5.74, 6) is 0.429. The third-order valence-electron chi connectivity index (χ3n) is 4.27. The minimum atomic E-state index is -0.539. The minimum absolute atomic E-state index is 0.0607. The summed E-state index contributed by atoms with van der Waals surface area (Å²) in [7, 11) is 1.52. The SMILES string of the molecule is COCc1cc(C)nc(OCC(=O)N/N=C\c2ccc(-c3ccccc3C#N)o2)c1C#N. The van der Waals surface area contributed by atoms with Crippen molar-refractivity contribution < 1.29 is 18.7 Å². The second kappa shape index (κ2) is 10.5. The van der Waals surface area contributed by atoms with Gasteiger partial charge in [-0.15, -0.1) is 0 Å². The molecule has 0 aliphatic rings. The largest absolute Gasteiger partial charge is 0.467 e. The van der Waals surface area contributed by atoms with Gasteiger partial charge in [0, 0.05) is 23.9 Å². The predicted octanol–water partition coefficient (Wildman–Crippen LogP) is 3.07. The molecule has 0 radical (unpaired) electrons. The second-order valence-corrected chi connectivity index (χ2v) is 6.59. The van der Waals surface area contributed by atoms with Crippen LogP contribution in [-0.2, 0) is 16.1 Å². The van der Waals surface area contributed by atoms with Crippen molar-refractivity contribution in [2.24, 2.45) is 5.10 Å². The molecule has 1 amide bonds. The van der Waals surface area contributed by atoms with Crippen LogP contribution < -0.4 is 10.2 Å². The lowest BCUT2D eigenvalue weighted by Gasteiger charge is -2.10. The molecule has 1 N–H and O–H groups in total. The van der Waals surface area contributed by atoms with Gasteiger partial charge >= 0.3 is 0 Å². The van der Waals surface area contributed by atoms with Gasteiger partial charge in [-0.3, -0.25) is 4.79 Å². The number of nitrogens with zero attached hydrogens (tertiary/aromatic N) is 4. The first-order chi connectivity index (χ1) is 15.5. The fourth-order valence-electron chi connectivity index (χ4n) is 2.90. The number of ether oxygens (including phenoxy) is 2. The van der Waals surface area contributed by atoms with Crippen molar-refractivity contribution in [3.8, 4) is 29.3 Å². The Bertz CT molecular complexity index is 1230. The zero-order valence-corrected chi connectivity index (χ0v) is 17.5.